The lowest BCUT2D eigenvalue weighted by molar-refractivity contribution is -0.139. The summed E-state index contributed by atoms with van der Waals surface area (Å²) in [6, 6.07) is 1.81. The maximum atomic E-state index is 10.1. The molecule has 5 heteroatoms. The molecule has 1 heterocycles. The Bertz CT molecular complexity index is 258. The van der Waals surface area contributed by atoms with Crippen molar-refractivity contribution in [1.29, 1.82) is 0 Å². The Morgan fingerprint density at radius 1 is 1.82 bits per heavy atom. The van der Waals surface area contributed by atoms with E-state index in [4.69, 9.17) is 9.84 Å². The van der Waals surface area contributed by atoms with Crippen LogP contribution in [0.5, 0.6) is 5.06 Å². The van der Waals surface area contributed by atoms with Gasteiger partial charge in [0.15, 0.2) is 11.7 Å². The van der Waals surface area contributed by atoms with Crippen molar-refractivity contribution in [2.45, 2.75) is 0 Å². The standard InChI is InChI=1S/C6H5BrO3S/c7-4-1-2-11-6(4)10-3-5(8)9/h1-2H,3H2,(H,8,9). The molecule has 1 aromatic rings. The number of aliphatic carboxylic acids is 1. The molecule has 0 saturated carbocycles. The number of rotatable bonds is 3. The minimum absolute atomic E-state index is 0.293. The highest BCUT2D eigenvalue weighted by molar-refractivity contribution is 9.10. The second-order valence-corrected chi connectivity index (χ2v) is 3.47. The van der Waals surface area contributed by atoms with Gasteiger partial charge in [-0.25, -0.2) is 4.79 Å². The zero-order chi connectivity index (χ0) is 8.27. The summed E-state index contributed by atoms with van der Waals surface area (Å²) in [6.45, 7) is -0.293. The summed E-state index contributed by atoms with van der Waals surface area (Å²) in [4.78, 5) is 10.1. The maximum Gasteiger partial charge on any atom is 0.341 e. The second-order valence-electron chi connectivity index (χ2n) is 1.74. The van der Waals surface area contributed by atoms with E-state index in [9.17, 15) is 4.79 Å². The molecular formula is C6H5BrO3S. The minimum Gasteiger partial charge on any atom is -0.479 e. The first-order chi connectivity index (χ1) is 5.20. The van der Waals surface area contributed by atoms with Gasteiger partial charge in [-0.3, -0.25) is 0 Å². The van der Waals surface area contributed by atoms with Gasteiger partial charge in [0.1, 0.15) is 0 Å². The third-order valence-electron chi connectivity index (χ3n) is 0.911. The molecule has 0 aromatic carbocycles. The number of thiophene rings is 1. The molecule has 0 fully saturated rings. The molecule has 60 valence electrons. The van der Waals surface area contributed by atoms with Crippen LogP contribution in [-0.2, 0) is 4.79 Å². The molecule has 0 spiro atoms. The maximum absolute atomic E-state index is 10.1. The summed E-state index contributed by atoms with van der Waals surface area (Å²) >= 11 is 4.57. The lowest BCUT2D eigenvalue weighted by atomic mass is 10.6. The molecule has 0 aliphatic carbocycles. The highest BCUT2D eigenvalue weighted by atomic mass is 79.9. The van der Waals surface area contributed by atoms with Gasteiger partial charge in [-0.1, -0.05) is 0 Å². The van der Waals surface area contributed by atoms with Crippen molar-refractivity contribution < 1.29 is 14.6 Å². The van der Waals surface area contributed by atoms with E-state index in [2.05, 4.69) is 15.9 Å². The Kier molecular flexibility index (Phi) is 2.90. The van der Waals surface area contributed by atoms with Crippen LogP contribution in [0.15, 0.2) is 15.9 Å². The Morgan fingerprint density at radius 3 is 3.00 bits per heavy atom. The van der Waals surface area contributed by atoms with Crippen molar-refractivity contribution in [3.63, 3.8) is 0 Å². The molecule has 1 rings (SSSR count). The highest BCUT2D eigenvalue weighted by Crippen LogP contribution is 2.30. The third-order valence-corrected chi connectivity index (χ3v) is 2.62. The quantitative estimate of drug-likeness (QED) is 0.874. The molecule has 0 aliphatic rings. The summed E-state index contributed by atoms with van der Waals surface area (Å²) in [5.41, 5.74) is 0. The van der Waals surface area contributed by atoms with Gasteiger partial charge in [0.25, 0.3) is 0 Å². The van der Waals surface area contributed by atoms with Crippen molar-refractivity contribution in [2.75, 3.05) is 6.61 Å². The van der Waals surface area contributed by atoms with E-state index < -0.39 is 5.97 Å². The van der Waals surface area contributed by atoms with Crippen molar-refractivity contribution in [2.24, 2.45) is 0 Å². The van der Waals surface area contributed by atoms with Gasteiger partial charge in [0.05, 0.1) is 4.47 Å². The van der Waals surface area contributed by atoms with Crippen molar-refractivity contribution >= 4 is 33.2 Å². The molecule has 0 bridgehead atoms. The highest BCUT2D eigenvalue weighted by Gasteiger charge is 2.03. The molecule has 0 atom stereocenters. The van der Waals surface area contributed by atoms with E-state index in [1.54, 1.807) is 0 Å². The van der Waals surface area contributed by atoms with Crippen LogP contribution < -0.4 is 4.74 Å². The number of ether oxygens (including phenoxy) is 1. The zero-order valence-corrected chi connectivity index (χ0v) is 7.81. The fourth-order valence-corrected chi connectivity index (χ4v) is 1.85. The van der Waals surface area contributed by atoms with Crippen molar-refractivity contribution in [3.8, 4) is 5.06 Å². The largest absolute Gasteiger partial charge is 0.479 e. The van der Waals surface area contributed by atoms with Gasteiger partial charge in [0, 0.05) is 0 Å². The number of hydrogen-bond acceptors (Lipinski definition) is 3. The van der Waals surface area contributed by atoms with Crippen LogP contribution in [0.2, 0.25) is 0 Å². The molecule has 0 radical (unpaired) electrons. The van der Waals surface area contributed by atoms with Crippen LogP contribution in [0, 0.1) is 0 Å². The fourth-order valence-electron chi connectivity index (χ4n) is 0.510. The predicted octanol–water partition coefficient (Wildman–Crippen LogP) is 1.97. The SMILES string of the molecule is O=C(O)COc1sccc1Br. The Hall–Kier alpha value is -0.550. The first-order valence-electron chi connectivity index (χ1n) is 2.77. The van der Waals surface area contributed by atoms with Crippen LogP contribution in [0.3, 0.4) is 0 Å². The van der Waals surface area contributed by atoms with Gasteiger partial charge >= 0.3 is 5.97 Å². The number of carboxylic acids is 1. The molecule has 1 aromatic heterocycles. The van der Waals surface area contributed by atoms with E-state index in [0.29, 0.717) is 5.06 Å². The van der Waals surface area contributed by atoms with Gasteiger partial charge < -0.3 is 9.84 Å². The van der Waals surface area contributed by atoms with E-state index in [-0.39, 0.29) is 6.61 Å². The number of halogens is 1. The van der Waals surface area contributed by atoms with E-state index in [1.807, 2.05) is 11.4 Å². The molecule has 0 unspecified atom stereocenters. The predicted molar refractivity (Wildman–Crippen MR) is 45.1 cm³/mol. The fraction of sp³-hybridized carbons (Fsp3) is 0.167. The summed E-state index contributed by atoms with van der Waals surface area (Å²) in [6.07, 6.45) is 0. The summed E-state index contributed by atoms with van der Waals surface area (Å²) in [5, 5.41) is 10.7. The Balaban J connectivity index is 2.51. The Morgan fingerprint density at radius 2 is 2.55 bits per heavy atom. The van der Waals surface area contributed by atoms with Gasteiger partial charge in [-0.05, 0) is 27.4 Å². The van der Waals surface area contributed by atoms with Crippen LogP contribution in [0.25, 0.3) is 0 Å². The second kappa shape index (κ2) is 3.73. The van der Waals surface area contributed by atoms with Crippen molar-refractivity contribution in [1.82, 2.24) is 0 Å². The monoisotopic (exact) mass is 236 g/mol. The number of carboxylic acid groups (broad SMARTS) is 1. The number of hydrogen-bond donors (Lipinski definition) is 1. The third kappa shape index (κ3) is 2.51. The van der Waals surface area contributed by atoms with Crippen LogP contribution in [0.4, 0.5) is 0 Å². The van der Waals surface area contributed by atoms with Crippen LogP contribution >= 0.6 is 27.3 Å². The first-order valence-corrected chi connectivity index (χ1v) is 4.45. The van der Waals surface area contributed by atoms with Crippen LogP contribution in [0.1, 0.15) is 0 Å². The summed E-state index contributed by atoms with van der Waals surface area (Å²) in [7, 11) is 0. The molecule has 0 saturated heterocycles. The van der Waals surface area contributed by atoms with Gasteiger partial charge in [-0.15, -0.1) is 11.3 Å². The molecule has 3 nitrogen and oxygen atoms in total. The van der Waals surface area contributed by atoms with E-state index in [1.165, 1.54) is 11.3 Å². The smallest absolute Gasteiger partial charge is 0.341 e. The Labute approximate surface area is 75.7 Å². The van der Waals surface area contributed by atoms with Crippen molar-refractivity contribution in [3.05, 3.63) is 15.9 Å². The molecule has 0 aliphatic heterocycles. The summed E-state index contributed by atoms with van der Waals surface area (Å²) < 4.78 is 5.71. The molecule has 11 heavy (non-hydrogen) atoms. The normalized spacial score (nSPS) is 9.55. The van der Waals surface area contributed by atoms with E-state index >= 15 is 0 Å². The summed E-state index contributed by atoms with van der Waals surface area (Å²) in [5.74, 6) is -0.967. The molecule has 1 N–H and O–H groups in total. The number of carbonyl (C=O) groups is 1. The lowest BCUT2D eigenvalue weighted by Gasteiger charge is -1.98. The average molecular weight is 237 g/mol. The minimum atomic E-state index is -0.967. The zero-order valence-electron chi connectivity index (χ0n) is 5.41. The first kappa shape index (κ1) is 8.55. The van der Waals surface area contributed by atoms with Gasteiger partial charge in [-0.2, -0.15) is 0 Å². The lowest BCUT2D eigenvalue weighted by Crippen LogP contribution is -2.08. The molecule has 0 amide bonds. The van der Waals surface area contributed by atoms with Crippen LogP contribution in [-0.4, -0.2) is 17.7 Å². The van der Waals surface area contributed by atoms with E-state index in [0.717, 1.165) is 4.47 Å². The average Bonchev–Trinajstić information content (AvgIpc) is 2.31. The topological polar surface area (TPSA) is 46.5 Å². The van der Waals surface area contributed by atoms with Gasteiger partial charge in [0.2, 0.25) is 0 Å². The molecular weight excluding hydrogens is 232 g/mol.